The molecule has 0 spiro atoms. The quantitative estimate of drug-likeness (QED) is 0.551. The number of carboxylic acid groups (broad SMARTS) is 1. The van der Waals surface area contributed by atoms with E-state index in [9.17, 15) is 23.1 Å². The van der Waals surface area contributed by atoms with E-state index in [1.54, 1.807) is 7.05 Å². The van der Waals surface area contributed by atoms with Gasteiger partial charge in [-0.2, -0.15) is 13.2 Å². The van der Waals surface area contributed by atoms with Crippen LogP contribution in [0.3, 0.4) is 0 Å². The highest BCUT2D eigenvalue weighted by Crippen LogP contribution is 2.46. The molecule has 2 aromatic rings. The molecule has 0 fully saturated rings. The van der Waals surface area contributed by atoms with Crippen molar-refractivity contribution in [3.63, 3.8) is 0 Å². The smallest absolute Gasteiger partial charge is 0.416 e. The molecule has 28 heavy (non-hydrogen) atoms. The molecule has 8 heteroatoms. The Kier molecular flexibility index (Phi) is 5.33. The Morgan fingerprint density at radius 2 is 2.04 bits per heavy atom. The number of hydrazine groups is 1. The highest BCUT2D eigenvalue weighted by Gasteiger charge is 2.35. The van der Waals surface area contributed by atoms with Crippen molar-refractivity contribution in [1.82, 2.24) is 5.01 Å². The summed E-state index contributed by atoms with van der Waals surface area (Å²) in [6, 6.07) is 3.45. The molecule has 3 N–H and O–H groups in total. The Hall–Kier alpha value is -1.90. The van der Waals surface area contributed by atoms with Gasteiger partial charge in [-0.05, 0) is 53.5 Å². The average molecular weight is 412 g/mol. The SMILES string of the molecule is CN(N)Cc1ccc(C(F)(F)F)cc1-c1sc2c(c1C(=O)O)CC(C)(C)CC2. The van der Waals surface area contributed by atoms with Crippen LogP contribution in [-0.2, 0) is 25.6 Å². The van der Waals surface area contributed by atoms with Gasteiger partial charge in [-0.3, -0.25) is 5.84 Å². The maximum Gasteiger partial charge on any atom is 0.416 e. The minimum Gasteiger partial charge on any atom is -0.478 e. The lowest BCUT2D eigenvalue weighted by atomic mass is 9.76. The number of nitrogens with zero attached hydrogens (tertiary/aromatic N) is 1. The topological polar surface area (TPSA) is 66.6 Å². The molecular formula is C20H23F3N2O2S. The van der Waals surface area contributed by atoms with Crippen LogP contribution in [0, 0.1) is 5.41 Å². The number of aromatic carboxylic acids is 1. The molecule has 1 aromatic heterocycles. The summed E-state index contributed by atoms with van der Waals surface area (Å²) in [5, 5.41) is 11.3. The second kappa shape index (κ2) is 7.17. The summed E-state index contributed by atoms with van der Waals surface area (Å²) in [7, 11) is 1.61. The van der Waals surface area contributed by atoms with Crippen LogP contribution < -0.4 is 5.84 Å². The number of alkyl halides is 3. The van der Waals surface area contributed by atoms with Gasteiger partial charge in [0.05, 0.1) is 11.1 Å². The fraction of sp³-hybridized carbons (Fsp3) is 0.450. The third-order valence-electron chi connectivity index (χ3n) is 5.09. The minimum absolute atomic E-state index is 0.0380. The van der Waals surface area contributed by atoms with Crippen molar-refractivity contribution in [2.24, 2.45) is 11.3 Å². The summed E-state index contributed by atoms with van der Waals surface area (Å²) in [6.07, 6.45) is -2.26. The lowest BCUT2D eigenvalue weighted by molar-refractivity contribution is -0.137. The highest BCUT2D eigenvalue weighted by molar-refractivity contribution is 7.16. The number of benzene rings is 1. The molecular weight excluding hydrogens is 389 g/mol. The maximum atomic E-state index is 13.3. The molecule has 1 heterocycles. The standard InChI is InChI=1S/C20H23F3N2O2S/c1-19(2)7-6-15-14(9-19)16(18(26)27)17(28-15)13-8-12(20(21,22)23)5-4-11(13)10-25(3)24/h4-5,8H,6-7,9-10,24H2,1-3H3,(H,26,27). The fourth-order valence-corrected chi connectivity index (χ4v) is 5.07. The number of aryl methyl sites for hydroxylation is 1. The molecule has 0 unspecified atom stereocenters. The van der Waals surface area contributed by atoms with E-state index in [0.29, 0.717) is 22.4 Å². The Labute approximate surface area is 165 Å². The first-order valence-electron chi connectivity index (χ1n) is 8.93. The molecule has 0 aliphatic heterocycles. The second-order valence-corrected chi connectivity index (χ2v) is 9.24. The van der Waals surface area contributed by atoms with Crippen molar-refractivity contribution in [3.05, 3.63) is 45.3 Å². The molecule has 0 radical (unpaired) electrons. The third kappa shape index (κ3) is 4.09. The Morgan fingerprint density at radius 3 is 2.61 bits per heavy atom. The van der Waals surface area contributed by atoms with Crippen LogP contribution >= 0.6 is 11.3 Å². The maximum absolute atomic E-state index is 13.3. The second-order valence-electron chi connectivity index (χ2n) is 8.14. The predicted molar refractivity (Wildman–Crippen MR) is 103 cm³/mol. The van der Waals surface area contributed by atoms with E-state index < -0.39 is 17.7 Å². The van der Waals surface area contributed by atoms with E-state index in [2.05, 4.69) is 13.8 Å². The molecule has 3 rings (SSSR count). The molecule has 4 nitrogen and oxygen atoms in total. The lowest BCUT2D eigenvalue weighted by Gasteiger charge is -2.29. The van der Waals surface area contributed by atoms with Gasteiger partial charge in [0, 0.05) is 23.3 Å². The first-order valence-corrected chi connectivity index (χ1v) is 9.75. The van der Waals surface area contributed by atoms with Gasteiger partial charge in [-0.25, -0.2) is 9.80 Å². The van der Waals surface area contributed by atoms with Gasteiger partial charge in [0.1, 0.15) is 0 Å². The predicted octanol–water partition coefficient (Wildman–Crippen LogP) is 4.95. The lowest BCUT2D eigenvalue weighted by Crippen LogP contribution is -2.25. The van der Waals surface area contributed by atoms with Crippen molar-refractivity contribution in [3.8, 4) is 10.4 Å². The van der Waals surface area contributed by atoms with E-state index in [4.69, 9.17) is 5.84 Å². The van der Waals surface area contributed by atoms with Gasteiger partial charge in [0.2, 0.25) is 0 Å². The summed E-state index contributed by atoms with van der Waals surface area (Å²) in [5.74, 6) is 4.62. The Morgan fingerprint density at radius 1 is 1.36 bits per heavy atom. The molecule has 0 amide bonds. The molecule has 0 atom stereocenters. The number of carboxylic acids is 1. The number of hydrogen-bond acceptors (Lipinski definition) is 4. The zero-order chi connectivity index (χ0) is 20.9. The Balaban J connectivity index is 2.25. The first kappa shape index (κ1) is 20.8. The number of thiophene rings is 1. The van der Waals surface area contributed by atoms with Crippen LogP contribution in [0.1, 0.15) is 52.2 Å². The van der Waals surface area contributed by atoms with Gasteiger partial charge >= 0.3 is 12.1 Å². The van der Waals surface area contributed by atoms with Gasteiger partial charge in [0.25, 0.3) is 0 Å². The van der Waals surface area contributed by atoms with Crippen LogP contribution in [-0.4, -0.2) is 23.1 Å². The van der Waals surface area contributed by atoms with E-state index >= 15 is 0 Å². The van der Waals surface area contributed by atoms with Crippen LogP contribution in [0.5, 0.6) is 0 Å². The summed E-state index contributed by atoms with van der Waals surface area (Å²) < 4.78 is 40.0. The van der Waals surface area contributed by atoms with Crippen molar-refractivity contribution in [2.45, 2.75) is 45.8 Å². The monoisotopic (exact) mass is 412 g/mol. The van der Waals surface area contributed by atoms with Crippen molar-refractivity contribution in [2.75, 3.05) is 7.05 Å². The zero-order valence-corrected chi connectivity index (χ0v) is 16.8. The zero-order valence-electron chi connectivity index (χ0n) is 16.0. The van der Waals surface area contributed by atoms with Crippen LogP contribution in [0.25, 0.3) is 10.4 Å². The largest absolute Gasteiger partial charge is 0.478 e. The number of rotatable bonds is 4. The molecule has 0 bridgehead atoms. The molecule has 1 aromatic carbocycles. The molecule has 0 saturated heterocycles. The van der Waals surface area contributed by atoms with Crippen molar-refractivity contribution >= 4 is 17.3 Å². The van der Waals surface area contributed by atoms with E-state index in [0.717, 1.165) is 35.4 Å². The Bertz CT molecular complexity index is 917. The normalized spacial score (nSPS) is 16.3. The van der Waals surface area contributed by atoms with Crippen LogP contribution in [0.15, 0.2) is 18.2 Å². The molecule has 1 aliphatic rings. The number of hydrogen-bond donors (Lipinski definition) is 2. The van der Waals surface area contributed by atoms with E-state index in [1.807, 2.05) is 0 Å². The average Bonchev–Trinajstić information content (AvgIpc) is 2.90. The van der Waals surface area contributed by atoms with E-state index in [-0.39, 0.29) is 17.5 Å². The fourth-order valence-electron chi connectivity index (χ4n) is 3.71. The molecule has 0 saturated carbocycles. The highest BCUT2D eigenvalue weighted by atomic mass is 32.1. The summed E-state index contributed by atoms with van der Waals surface area (Å²) >= 11 is 1.30. The van der Waals surface area contributed by atoms with Crippen LogP contribution in [0.4, 0.5) is 13.2 Å². The number of nitrogens with two attached hydrogens (primary N) is 1. The van der Waals surface area contributed by atoms with Gasteiger partial charge in [-0.1, -0.05) is 19.9 Å². The molecule has 152 valence electrons. The van der Waals surface area contributed by atoms with Crippen molar-refractivity contribution in [1.29, 1.82) is 0 Å². The number of carbonyl (C=O) groups is 1. The van der Waals surface area contributed by atoms with Gasteiger partial charge in [-0.15, -0.1) is 11.3 Å². The van der Waals surface area contributed by atoms with E-state index in [1.165, 1.54) is 22.4 Å². The summed E-state index contributed by atoms with van der Waals surface area (Å²) in [5.41, 5.74) is 0.916. The first-order chi connectivity index (χ1) is 12.9. The van der Waals surface area contributed by atoms with Crippen LogP contribution in [0.2, 0.25) is 0 Å². The van der Waals surface area contributed by atoms with Crippen molar-refractivity contribution < 1.29 is 23.1 Å². The van der Waals surface area contributed by atoms with Gasteiger partial charge in [0.15, 0.2) is 0 Å². The number of fused-ring (bicyclic) bond motifs is 1. The number of halogens is 3. The summed E-state index contributed by atoms with van der Waals surface area (Å²) in [4.78, 5) is 13.4. The third-order valence-corrected chi connectivity index (χ3v) is 6.42. The van der Waals surface area contributed by atoms with Gasteiger partial charge < -0.3 is 5.11 Å². The minimum atomic E-state index is -4.51. The summed E-state index contributed by atoms with van der Waals surface area (Å²) in [6.45, 7) is 4.37. The molecule has 1 aliphatic carbocycles.